The quantitative estimate of drug-likeness (QED) is 0.357. The second-order valence-electron chi connectivity index (χ2n) is 8.85. The van der Waals surface area contributed by atoms with Gasteiger partial charge in [0.25, 0.3) is 5.91 Å². The number of nitrogens with zero attached hydrogens (tertiary/aromatic N) is 1. The number of aliphatic hydroxyl groups excluding tert-OH is 1. The number of ether oxygens (including phenoxy) is 1. The summed E-state index contributed by atoms with van der Waals surface area (Å²) in [7, 11) is 0. The van der Waals surface area contributed by atoms with Crippen LogP contribution in [-0.2, 0) is 4.79 Å². The minimum absolute atomic E-state index is 0.0207. The van der Waals surface area contributed by atoms with Crippen LogP contribution >= 0.6 is 15.9 Å². The molecule has 5 rings (SSSR count). The summed E-state index contributed by atoms with van der Waals surface area (Å²) in [4.78, 5) is 28.6. The zero-order valence-corrected chi connectivity index (χ0v) is 20.5. The van der Waals surface area contributed by atoms with Gasteiger partial charge in [0.05, 0.1) is 18.2 Å². The standard InChI is InChI=1S/C27H26BrNO5/c1-2-13-33-20-10-7-16(8-11-20)24-23(26(31)27(32)29(24)19-5-3-4-6-19)25(30)22-15-17-14-18(28)9-12-21(17)34-22/h7-12,14-15,19,24,31H,2-6,13H2,1H3. The zero-order valence-electron chi connectivity index (χ0n) is 18.9. The summed E-state index contributed by atoms with van der Waals surface area (Å²) in [6.07, 6.45) is 4.65. The van der Waals surface area contributed by atoms with Gasteiger partial charge in [-0.05, 0) is 61.2 Å². The van der Waals surface area contributed by atoms with Gasteiger partial charge < -0.3 is 19.2 Å². The van der Waals surface area contributed by atoms with Crippen molar-refractivity contribution in [1.82, 2.24) is 4.90 Å². The van der Waals surface area contributed by atoms with Crippen LogP contribution in [0.2, 0.25) is 0 Å². The molecule has 1 amide bonds. The normalized spacial score (nSPS) is 18.9. The number of halogens is 1. The van der Waals surface area contributed by atoms with Crippen LogP contribution in [0.15, 0.2) is 68.8 Å². The predicted octanol–water partition coefficient (Wildman–Crippen LogP) is 6.51. The van der Waals surface area contributed by atoms with Crippen molar-refractivity contribution in [3.63, 3.8) is 0 Å². The van der Waals surface area contributed by atoms with Crippen molar-refractivity contribution >= 4 is 38.6 Å². The summed E-state index contributed by atoms with van der Waals surface area (Å²) in [6.45, 7) is 2.66. The number of furan rings is 1. The summed E-state index contributed by atoms with van der Waals surface area (Å²) >= 11 is 3.43. The maximum Gasteiger partial charge on any atom is 0.290 e. The Bertz CT molecular complexity index is 1270. The first-order chi connectivity index (χ1) is 16.5. The molecule has 1 atom stereocenters. The molecule has 2 heterocycles. The maximum atomic E-state index is 13.7. The van der Waals surface area contributed by atoms with E-state index in [2.05, 4.69) is 15.9 Å². The van der Waals surface area contributed by atoms with Crippen LogP contribution in [0.5, 0.6) is 5.75 Å². The van der Waals surface area contributed by atoms with E-state index in [1.807, 2.05) is 43.3 Å². The Morgan fingerprint density at radius 3 is 2.59 bits per heavy atom. The van der Waals surface area contributed by atoms with Gasteiger partial charge in [-0.2, -0.15) is 0 Å². The monoisotopic (exact) mass is 523 g/mol. The van der Waals surface area contributed by atoms with Crippen LogP contribution in [-0.4, -0.2) is 34.3 Å². The molecule has 34 heavy (non-hydrogen) atoms. The molecule has 1 unspecified atom stereocenters. The molecule has 0 saturated heterocycles. The molecule has 1 saturated carbocycles. The Kier molecular flexibility index (Phi) is 6.21. The van der Waals surface area contributed by atoms with Gasteiger partial charge in [0.2, 0.25) is 5.78 Å². The molecule has 1 N–H and O–H groups in total. The first-order valence-electron chi connectivity index (χ1n) is 11.7. The number of benzene rings is 2. The minimum Gasteiger partial charge on any atom is -0.503 e. The third kappa shape index (κ3) is 4.02. The smallest absolute Gasteiger partial charge is 0.290 e. The van der Waals surface area contributed by atoms with E-state index in [9.17, 15) is 14.7 Å². The Labute approximate surface area is 206 Å². The summed E-state index contributed by atoms with van der Waals surface area (Å²) in [6, 6.07) is 13.9. The van der Waals surface area contributed by atoms with E-state index in [1.165, 1.54) is 0 Å². The van der Waals surface area contributed by atoms with E-state index in [4.69, 9.17) is 9.15 Å². The van der Waals surface area contributed by atoms with Gasteiger partial charge in [-0.1, -0.05) is 47.8 Å². The third-order valence-corrected chi connectivity index (χ3v) is 7.07. The molecule has 176 valence electrons. The second-order valence-corrected chi connectivity index (χ2v) is 9.77. The van der Waals surface area contributed by atoms with Gasteiger partial charge in [-0.3, -0.25) is 9.59 Å². The molecule has 0 bridgehead atoms. The largest absolute Gasteiger partial charge is 0.503 e. The lowest BCUT2D eigenvalue weighted by Crippen LogP contribution is -2.38. The number of fused-ring (bicyclic) bond motifs is 1. The van der Waals surface area contributed by atoms with E-state index >= 15 is 0 Å². The summed E-state index contributed by atoms with van der Waals surface area (Å²) in [5.74, 6) is -0.634. The van der Waals surface area contributed by atoms with Crippen molar-refractivity contribution in [2.75, 3.05) is 6.61 Å². The number of hydrogen-bond donors (Lipinski definition) is 1. The van der Waals surface area contributed by atoms with Crippen molar-refractivity contribution in [2.45, 2.75) is 51.1 Å². The Balaban J connectivity index is 1.56. The van der Waals surface area contributed by atoms with Crippen LogP contribution in [0.1, 0.15) is 61.2 Å². The minimum atomic E-state index is -0.678. The first kappa shape index (κ1) is 22.7. The number of rotatable bonds is 7. The predicted molar refractivity (Wildman–Crippen MR) is 132 cm³/mol. The third-order valence-electron chi connectivity index (χ3n) is 6.58. The van der Waals surface area contributed by atoms with Crippen molar-refractivity contribution in [2.24, 2.45) is 0 Å². The fourth-order valence-electron chi connectivity index (χ4n) is 4.97. The molecule has 0 radical (unpaired) electrons. The molecule has 1 aromatic heterocycles. The van der Waals surface area contributed by atoms with E-state index in [-0.39, 0.29) is 17.4 Å². The SMILES string of the molecule is CCCOc1ccc(C2C(C(=O)c3cc4cc(Br)ccc4o3)=C(O)C(=O)N2C2CCCC2)cc1. The number of amides is 1. The molecule has 6 nitrogen and oxygen atoms in total. The van der Waals surface area contributed by atoms with Gasteiger partial charge in [-0.25, -0.2) is 0 Å². The average Bonchev–Trinajstić information content (AvgIpc) is 3.56. The lowest BCUT2D eigenvalue weighted by Gasteiger charge is -2.32. The number of hydrogen-bond acceptors (Lipinski definition) is 5. The number of carbonyl (C=O) groups excluding carboxylic acids is 2. The molecule has 1 aliphatic heterocycles. The Hall–Kier alpha value is -3.06. The van der Waals surface area contributed by atoms with Gasteiger partial charge in [-0.15, -0.1) is 0 Å². The Morgan fingerprint density at radius 1 is 1.15 bits per heavy atom. The van der Waals surface area contributed by atoms with Crippen LogP contribution in [0.25, 0.3) is 11.0 Å². The lowest BCUT2D eigenvalue weighted by atomic mass is 9.94. The molecular weight excluding hydrogens is 498 g/mol. The van der Waals surface area contributed by atoms with Crippen LogP contribution in [0.3, 0.4) is 0 Å². The van der Waals surface area contributed by atoms with Crippen molar-refractivity contribution < 1.29 is 23.8 Å². The first-order valence-corrected chi connectivity index (χ1v) is 12.5. The van der Waals surface area contributed by atoms with Crippen LogP contribution < -0.4 is 4.74 Å². The van der Waals surface area contributed by atoms with E-state index in [1.54, 1.807) is 17.0 Å². The molecular formula is C27H26BrNO5. The maximum absolute atomic E-state index is 13.7. The number of ketones is 1. The molecule has 1 aliphatic carbocycles. The summed E-state index contributed by atoms with van der Waals surface area (Å²) in [5, 5.41) is 11.7. The highest BCUT2D eigenvalue weighted by atomic mass is 79.9. The highest BCUT2D eigenvalue weighted by molar-refractivity contribution is 9.10. The summed E-state index contributed by atoms with van der Waals surface area (Å²) < 4.78 is 12.4. The van der Waals surface area contributed by atoms with Crippen LogP contribution in [0, 0.1) is 0 Å². The van der Waals surface area contributed by atoms with Crippen molar-refractivity contribution in [1.29, 1.82) is 0 Å². The van der Waals surface area contributed by atoms with E-state index in [0.29, 0.717) is 12.2 Å². The molecule has 7 heteroatoms. The molecule has 2 aromatic carbocycles. The molecule has 3 aromatic rings. The zero-order chi connectivity index (χ0) is 23.8. The number of aliphatic hydroxyl groups is 1. The molecule has 2 aliphatic rings. The van der Waals surface area contributed by atoms with Crippen molar-refractivity contribution in [3.05, 3.63) is 75.7 Å². The van der Waals surface area contributed by atoms with E-state index in [0.717, 1.165) is 53.3 Å². The lowest BCUT2D eigenvalue weighted by molar-refractivity contribution is -0.131. The van der Waals surface area contributed by atoms with Gasteiger partial charge in [0.15, 0.2) is 11.5 Å². The van der Waals surface area contributed by atoms with Crippen molar-refractivity contribution in [3.8, 4) is 5.75 Å². The highest BCUT2D eigenvalue weighted by Crippen LogP contribution is 2.44. The second kappa shape index (κ2) is 9.29. The average molecular weight is 524 g/mol. The van der Waals surface area contributed by atoms with Gasteiger partial charge in [0, 0.05) is 15.9 Å². The number of carbonyl (C=O) groups is 2. The summed E-state index contributed by atoms with van der Waals surface area (Å²) in [5.41, 5.74) is 1.39. The topological polar surface area (TPSA) is 80.0 Å². The fraction of sp³-hybridized carbons (Fsp3) is 0.333. The van der Waals surface area contributed by atoms with Crippen LogP contribution in [0.4, 0.5) is 0 Å². The molecule has 1 fully saturated rings. The van der Waals surface area contributed by atoms with Gasteiger partial charge in [0.1, 0.15) is 11.3 Å². The van der Waals surface area contributed by atoms with E-state index < -0.39 is 23.5 Å². The van der Waals surface area contributed by atoms with Gasteiger partial charge >= 0.3 is 0 Å². The Morgan fingerprint density at radius 2 is 1.88 bits per heavy atom. The molecule has 0 spiro atoms. The fourth-order valence-corrected chi connectivity index (χ4v) is 5.35. The highest BCUT2D eigenvalue weighted by Gasteiger charge is 2.47. The number of Topliss-reactive ketones (excluding diaryl/α,β-unsaturated/α-hetero) is 1.